The molecule has 0 aliphatic heterocycles. The summed E-state index contributed by atoms with van der Waals surface area (Å²) in [7, 11) is 0. The zero-order valence-electron chi connectivity index (χ0n) is 10.7. The van der Waals surface area contributed by atoms with Crippen molar-refractivity contribution in [2.24, 2.45) is 5.92 Å². The van der Waals surface area contributed by atoms with Gasteiger partial charge in [-0.25, -0.2) is 0 Å². The van der Waals surface area contributed by atoms with Crippen molar-refractivity contribution in [3.05, 3.63) is 28.8 Å². The third kappa shape index (κ3) is 4.73. The number of hydrogen-bond donors (Lipinski definition) is 2. The number of aromatic hydroxyl groups is 1. The first-order valence-corrected chi connectivity index (χ1v) is 6.89. The molecule has 1 aromatic carbocycles. The number of hydrogen-bond acceptors (Lipinski definition) is 3. The van der Waals surface area contributed by atoms with Gasteiger partial charge in [0.15, 0.2) is 0 Å². The van der Waals surface area contributed by atoms with Gasteiger partial charge in [-0.2, -0.15) is 0 Å². The summed E-state index contributed by atoms with van der Waals surface area (Å²) >= 11 is 5.75. The zero-order chi connectivity index (χ0) is 13.7. The number of carbonyl (C=O) groups excluding carboxylic acids is 1. The molecule has 1 fully saturated rings. The lowest BCUT2D eigenvalue weighted by molar-refractivity contribution is 0.0937. The fourth-order valence-corrected chi connectivity index (χ4v) is 1.84. The van der Waals surface area contributed by atoms with E-state index < -0.39 is 0 Å². The molecule has 1 aliphatic rings. The molecule has 0 saturated heterocycles. The average Bonchev–Trinajstić information content (AvgIpc) is 3.20. The van der Waals surface area contributed by atoms with Gasteiger partial charge in [-0.3, -0.25) is 4.79 Å². The van der Waals surface area contributed by atoms with E-state index in [2.05, 4.69) is 5.32 Å². The second-order valence-corrected chi connectivity index (χ2v) is 5.20. The topological polar surface area (TPSA) is 58.6 Å². The Hall–Kier alpha value is -1.26. The Morgan fingerprint density at radius 3 is 2.95 bits per heavy atom. The molecule has 0 radical (unpaired) electrons. The summed E-state index contributed by atoms with van der Waals surface area (Å²) in [4.78, 5) is 11.8. The van der Waals surface area contributed by atoms with Crippen LogP contribution in [-0.4, -0.2) is 30.8 Å². The highest BCUT2D eigenvalue weighted by Crippen LogP contribution is 2.28. The fourth-order valence-electron chi connectivity index (χ4n) is 1.66. The summed E-state index contributed by atoms with van der Waals surface area (Å²) in [5.74, 6) is 0.560. The van der Waals surface area contributed by atoms with Crippen LogP contribution in [0.1, 0.15) is 29.6 Å². The van der Waals surface area contributed by atoms with Crippen molar-refractivity contribution in [1.82, 2.24) is 5.32 Å². The molecule has 1 saturated carbocycles. The van der Waals surface area contributed by atoms with Gasteiger partial charge >= 0.3 is 0 Å². The van der Waals surface area contributed by atoms with Crippen LogP contribution in [0, 0.1) is 5.92 Å². The lowest BCUT2D eigenvalue weighted by Crippen LogP contribution is -2.25. The highest BCUT2D eigenvalue weighted by atomic mass is 35.5. The summed E-state index contributed by atoms with van der Waals surface area (Å²) in [6, 6.07) is 4.41. The van der Waals surface area contributed by atoms with Gasteiger partial charge in [0.1, 0.15) is 5.75 Å². The van der Waals surface area contributed by atoms with Gasteiger partial charge < -0.3 is 15.2 Å². The quantitative estimate of drug-likeness (QED) is 0.756. The Morgan fingerprint density at radius 2 is 2.26 bits per heavy atom. The zero-order valence-corrected chi connectivity index (χ0v) is 11.4. The molecule has 1 amide bonds. The van der Waals surface area contributed by atoms with Crippen LogP contribution in [0.25, 0.3) is 0 Å². The summed E-state index contributed by atoms with van der Waals surface area (Å²) in [6.45, 7) is 2.09. The molecule has 4 nitrogen and oxygen atoms in total. The molecule has 104 valence electrons. The minimum atomic E-state index is -0.191. The molecule has 0 atom stereocenters. The lowest BCUT2D eigenvalue weighted by Gasteiger charge is -2.06. The van der Waals surface area contributed by atoms with Crippen molar-refractivity contribution >= 4 is 17.5 Å². The van der Waals surface area contributed by atoms with E-state index in [1.165, 1.54) is 25.0 Å². The minimum absolute atomic E-state index is 0.0216. The highest BCUT2D eigenvalue weighted by molar-refractivity contribution is 6.32. The largest absolute Gasteiger partial charge is 0.506 e. The first-order valence-electron chi connectivity index (χ1n) is 6.51. The minimum Gasteiger partial charge on any atom is -0.506 e. The van der Waals surface area contributed by atoms with E-state index in [-0.39, 0.29) is 16.7 Å². The van der Waals surface area contributed by atoms with Crippen molar-refractivity contribution in [2.75, 3.05) is 19.8 Å². The number of amides is 1. The van der Waals surface area contributed by atoms with Crippen LogP contribution in [0.3, 0.4) is 0 Å². The van der Waals surface area contributed by atoms with E-state index in [4.69, 9.17) is 16.3 Å². The maximum atomic E-state index is 11.8. The number of rotatable bonds is 7. The molecule has 0 aromatic heterocycles. The van der Waals surface area contributed by atoms with Crippen LogP contribution in [-0.2, 0) is 4.74 Å². The molecule has 0 spiro atoms. The van der Waals surface area contributed by atoms with E-state index in [1.54, 1.807) is 6.07 Å². The van der Waals surface area contributed by atoms with Gasteiger partial charge in [-0.05, 0) is 43.4 Å². The number of phenols is 1. The predicted octanol–water partition coefficient (Wildman–Crippen LogP) is 2.59. The summed E-state index contributed by atoms with van der Waals surface area (Å²) in [5, 5.41) is 12.2. The first-order chi connectivity index (χ1) is 9.16. The van der Waals surface area contributed by atoms with E-state index >= 15 is 0 Å². The molecule has 2 rings (SSSR count). The van der Waals surface area contributed by atoms with Gasteiger partial charge in [-0.1, -0.05) is 11.6 Å². The fraction of sp³-hybridized carbons (Fsp3) is 0.500. The number of nitrogens with one attached hydrogen (secondary N) is 1. The van der Waals surface area contributed by atoms with Gasteiger partial charge in [0.25, 0.3) is 5.91 Å². The molecule has 0 bridgehead atoms. The molecule has 0 heterocycles. The van der Waals surface area contributed by atoms with Crippen LogP contribution in [0.4, 0.5) is 0 Å². The molecule has 0 unspecified atom stereocenters. The molecule has 19 heavy (non-hydrogen) atoms. The van der Waals surface area contributed by atoms with E-state index in [0.29, 0.717) is 18.7 Å². The maximum absolute atomic E-state index is 11.8. The van der Waals surface area contributed by atoms with Crippen LogP contribution in [0.2, 0.25) is 5.02 Å². The second kappa shape index (κ2) is 6.78. The van der Waals surface area contributed by atoms with E-state index in [0.717, 1.165) is 18.9 Å². The van der Waals surface area contributed by atoms with Crippen molar-refractivity contribution in [3.63, 3.8) is 0 Å². The maximum Gasteiger partial charge on any atom is 0.251 e. The van der Waals surface area contributed by atoms with Crippen LogP contribution < -0.4 is 5.32 Å². The molecule has 1 aliphatic carbocycles. The lowest BCUT2D eigenvalue weighted by atomic mass is 10.2. The summed E-state index contributed by atoms with van der Waals surface area (Å²) < 4.78 is 5.47. The van der Waals surface area contributed by atoms with E-state index in [1.807, 2.05) is 0 Å². The van der Waals surface area contributed by atoms with Crippen LogP contribution in [0.15, 0.2) is 18.2 Å². The molecular formula is C14H18ClNO3. The Bertz CT molecular complexity index is 446. The van der Waals surface area contributed by atoms with Crippen LogP contribution in [0.5, 0.6) is 5.75 Å². The van der Waals surface area contributed by atoms with Gasteiger partial charge in [0.05, 0.1) is 5.02 Å². The Morgan fingerprint density at radius 1 is 1.47 bits per heavy atom. The monoisotopic (exact) mass is 283 g/mol. The normalized spacial score (nSPS) is 14.4. The van der Waals surface area contributed by atoms with Crippen molar-refractivity contribution in [1.29, 1.82) is 0 Å². The SMILES string of the molecule is O=C(NCCCOCC1CC1)c1ccc(O)c(Cl)c1. The van der Waals surface area contributed by atoms with Gasteiger partial charge in [0.2, 0.25) is 0 Å². The Balaban J connectivity index is 1.63. The van der Waals surface area contributed by atoms with Crippen molar-refractivity contribution < 1.29 is 14.6 Å². The molecule has 1 aromatic rings. The van der Waals surface area contributed by atoms with E-state index in [9.17, 15) is 9.90 Å². The number of phenolic OH excluding ortho intramolecular Hbond substituents is 1. The number of benzene rings is 1. The highest BCUT2D eigenvalue weighted by Gasteiger charge is 2.20. The van der Waals surface area contributed by atoms with Crippen molar-refractivity contribution in [3.8, 4) is 5.75 Å². The third-order valence-corrected chi connectivity index (χ3v) is 3.31. The van der Waals surface area contributed by atoms with Gasteiger partial charge in [0, 0.05) is 25.3 Å². The standard InChI is InChI=1S/C14H18ClNO3/c15-12-8-11(4-5-13(12)17)14(18)16-6-1-7-19-9-10-2-3-10/h4-5,8,10,17H,1-3,6-7,9H2,(H,16,18). The average molecular weight is 284 g/mol. The Labute approximate surface area is 117 Å². The number of ether oxygens (including phenoxy) is 1. The van der Waals surface area contributed by atoms with Crippen molar-refractivity contribution in [2.45, 2.75) is 19.3 Å². The smallest absolute Gasteiger partial charge is 0.251 e. The number of halogens is 1. The summed E-state index contributed by atoms with van der Waals surface area (Å²) in [5.41, 5.74) is 0.446. The van der Waals surface area contributed by atoms with Crippen LogP contribution >= 0.6 is 11.6 Å². The third-order valence-electron chi connectivity index (χ3n) is 3.01. The first kappa shape index (κ1) is 14.2. The molecule has 2 N–H and O–H groups in total. The Kier molecular flexibility index (Phi) is 5.05. The molecular weight excluding hydrogens is 266 g/mol. The predicted molar refractivity (Wildman–Crippen MR) is 73.6 cm³/mol. The summed E-state index contributed by atoms with van der Waals surface area (Å²) in [6.07, 6.45) is 3.38. The number of carbonyl (C=O) groups is 1. The van der Waals surface area contributed by atoms with Gasteiger partial charge in [-0.15, -0.1) is 0 Å². The molecule has 5 heteroatoms. The second-order valence-electron chi connectivity index (χ2n) is 4.79.